The summed E-state index contributed by atoms with van der Waals surface area (Å²) in [4.78, 5) is 0. The third-order valence-corrected chi connectivity index (χ3v) is 23.1. The third-order valence-electron chi connectivity index (χ3n) is 7.96. The zero-order valence-electron chi connectivity index (χ0n) is 22.5. The number of hydrogen-bond donors (Lipinski definition) is 0. The molecule has 0 saturated carbocycles. The van der Waals surface area contributed by atoms with Gasteiger partial charge in [-0.3, -0.25) is 0 Å². The van der Waals surface area contributed by atoms with Gasteiger partial charge in [0.25, 0.3) is 0 Å². The molecule has 0 amide bonds. The van der Waals surface area contributed by atoms with Gasteiger partial charge < -0.3 is 0 Å². The second-order valence-electron chi connectivity index (χ2n) is 12.6. The van der Waals surface area contributed by atoms with Crippen LogP contribution in [-0.4, -0.2) is 3.76 Å². The molecule has 0 heterocycles. The summed E-state index contributed by atoms with van der Waals surface area (Å²) in [5.74, 6) is 0. The Hall–Kier alpha value is -2.12. The van der Waals surface area contributed by atoms with Crippen LogP contribution in [0.4, 0.5) is 0 Å². The van der Waals surface area contributed by atoms with Crippen LogP contribution in [0.1, 0.15) is 75.8 Å². The molecule has 35 heavy (non-hydrogen) atoms. The molecule has 0 bridgehead atoms. The monoisotopic (exact) mass is 627 g/mol. The molecule has 0 aliphatic heterocycles. The average molecular weight is 626 g/mol. The summed E-state index contributed by atoms with van der Waals surface area (Å²) in [6, 6.07) is 23.2. The SMILES string of the molecule is CC(C)(C)c1ccc2c(c1)Cc1c-2ccc(C(C)(C)C)[c]1[Hf]([CH3])(=[CH]c1ccccc1)[C]1=CC=CC1. The van der Waals surface area contributed by atoms with Gasteiger partial charge in [0.2, 0.25) is 0 Å². The van der Waals surface area contributed by atoms with Gasteiger partial charge in [0.1, 0.15) is 0 Å². The number of hydrogen-bond acceptors (Lipinski definition) is 0. The standard InChI is InChI=1S/C21H25.C7H6.C5H5.CH3.Hf/c1-20(2,3)16-7-9-18-14(12-16)11-15-13-17(21(4,5)6)8-10-19(15)18;1-7-5-3-2-4-6-7;1-2-4-5-3-1;;/h7-10,12H,11H2,1-6H3;1-6H;1-3H,4H2;1H3;. The molecular weight excluding hydrogens is 587 g/mol. The van der Waals surface area contributed by atoms with E-state index in [9.17, 15) is 0 Å². The molecule has 179 valence electrons. The van der Waals surface area contributed by atoms with Crippen LogP contribution in [0.15, 0.2) is 82.2 Å². The van der Waals surface area contributed by atoms with Gasteiger partial charge in [-0.2, -0.15) is 0 Å². The minimum absolute atomic E-state index is 0.105. The molecule has 0 N–H and O–H groups in total. The summed E-state index contributed by atoms with van der Waals surface area (Å²) in [6.45, 7) is 14.2. The van der Waals surface area contributed by atoms with Gasteiger partial charge in [-0.15, -0.1) is 0 Å². The van der Waals surface area contributed by atoms with Crippen molar-refractivity contribution in [2.75, 3.05) is 0 Å². The molecule has 0 saturated heterocycles. The first-order chi connectivity index (χ1) is 16.5. The summed E-state index contributed by atoms with van der Waals surface area (Å²) in [5.41, 5.74) is 10.7. The molecule has 3 aromatic rings. The molecule has 1 heteroatoms. The first kappa shape index (κ1) is 24.6. The number of allylic oxidation sites excluding steroid dienone is 4. The molecule has 0 aromatic heterocycles. The van der Waals surface area contributed by atoms with E-state index < -0.39 is 19.5 Å². The van der Waals surface area contributed by atoms with Gasteiger partial charge in [0.15, 0.2) is 0 Å². The topological polar surface area (TPSA) is 0 Å². The van der Waals surface area contributed by atoms with E-state index in [0.29, 0.717) is 0 Å². The fraction of sp³-hybridized carbons (Fsp3) is 0.324. The summed E-state index contributed by atoms with van der Waals surface area (Å²) >= 11 is -3.34. The third kappa shape index (κ3) is 4.46. The van der Waals surface area contributed by atoms with Crippen LogP contribution >= 0.6 is 0 Å². The Morgan fingerprint density at radius 1 is 0.800 bits per heavy atom. The normalized spacial score (nSPS) is 16.5. The van der Waals surface area contributed by atoms with Crippen LogP contribution in [0.3, 0.4) is 0 Å². The Morgan fingerprint density at radius 3 is 2.14 bits per heavy atom. The van der Waals surface area contributed by atoms with Crippen molar-refractivity contribution in [2.24, 2.45) is 0 Å². The Morgan fingerprint density at radius 2 is 1.51 bits per heavy atom. The summed E-state index contributed by atoms with van der Waals surface area (Å²) in [5, 5.41) is 0. The van der Waals surface area contributed by atoms with Gasteiger partial charge in [-0.25, -0.2) is 0 Å². The first-order valence-corrected chi connectivity index (χ1v) is 22.3. The van der Waals surface area contributed by atoms with Crippen LogP contribution in [0.2, 0.25) is 4.68 Å². The molecule has 0 spiro atoms. The number of rotatable bonds is 3. The molecule has 1 atom stereocenters. The van der Waals surface area contributed by atoms with Crippen molar-refractivity contribution in [2.45, 2.75) is 69.9 Å². The van der Waals surface area contributed by atoms with Crippen LogP contribution in [0.5, 0.6) is 0 Å². The van der Waals surface area contributed by atoms with Crippen molar-refractivity contribution in [1.82, 2.24) is 0 Å². The summed E-state index contributed by atoms with van der Waals surface area (Å²) < 4.78 is 8.84. The van der Waals surface area contributed by atoms with E-state index in [1.165, 1.54) is 27.8 Å². The predicted octanol–water partition coefficient (Wildman–Crippen LogP) is 8.37. The number of fused-ring (bicyclic) bond motifs is 3. The molecule has 0 nitrogen and oxygen atoms in total. The van der Waals surface area contributed by atoms with E-state index in [-0.39, 0.29) is 10.8 Å². The Balaban J connectivity index is 1.81. The minimum atomic E-state index is -3.34. The second-order valence-corrected chi connectivity index (χ2v) is 26.4. The average Bonchev–Trinajstić information content (AvgIpc) is 3.46. The maximum atomic E-state index is 2.74. The van der Waals surface area contributed by atoms with Gasteiger partial charge >= 0.3 is 218 Å². The van der Waals surface area contributed by atoms with Crippen molar-refractivity contribution in [3.63, 3.8) is 0 Å². The van der Waals surface area contributed by atoms with Crippen molar-refractivity contribution in [3.05, 3.63) is 110 Å². The molecule has 0 fully saturated rings. The summed E-state index contributed by atoms with van der Waals surface area (Å²) in [7, 11) is 0. The Kier molecular flexibility index (Phi) is 6.16. The Bertz CT molecular complexity index is 1400. The second kappa shape index (κ2) is 8.77. The molecule has 5 rings (SSSR count). The van der Waals surface area contributed by atoms with Gasteiger partial charge in [0, 0.05) is 0 Å². The van der Waals surface area contributed by atoms with Crippen molar-refractivity contribution >= 4 is 7.08 Å². The van der Waals surface area contributed by atoms with Gasteiger partial charge in [-0.1, -0.05) is 0 Å². The molecule has 1 unspecified atom stereocenters. The van der Waals surface area contributed by atoms with Crippen molar-refractivity contribution in [3.8, 4) is 11.1 Å². The maximum absolute atomic E-state index is 3.34. The van der Waals surface area contributed by atoms with Crippen LogP contribution in [0, 0.1) is 0 Å². The predicted molar refractivity (Wildman–Crippen MR) is 151 cm³/mol. The molecular formula is C34H39Hf. The quantitative estimate of drug-likeness (QED) is 0.201. The number of benzene rings is 3. The van der Waals surface area contributed by atoms with Crippen LogP contribution < -0.4 is 3.32 Å². The fourth-order valence-electron chi connectivity index (χ4n) is 6.00. The zero-order valence-corrected chi connectivity index (χ0v) is 26.1. The first-order valence-electron chi connectivity index (χ1n) is 13.1. The van der Waals surface area contributed by atoms with Gasteiger partial charge in [-0.05, 0) is 0 Å². The van der Waals surface area contributed by atoms with E-state index in [4.69, 9.17) is 0 Å². The van der Waals surface area contributed by atoms with E-state index >= 15 is 0 Å². The Labute approximate surface area is 216 Å². The van der Waals surface area contributed by atoms with Crippen molar-refractivity contribution < 1.29 is 19.5 Å². The molecule has 2 aliphatic carbocycles. The molecule has 0 radical (unpaired) electrons. The summed E-state index contributed by atoms with van der Waals surface area (Å²) in [6.07, 6.45) is 9.27. The van der Waals surface area contributed by atoms with E-state index in [1.54, 1.807) is 17.8 Å². The van der Waals surface area contributed by atoms with Crippen LogP contribution in [0.25, 0.3) is 11.1 Å². The van der Waals surface area contributed by atoms with E-state index in [1.807, 2.05) is 0 Å². The molecule has 3 aromatic carbocycles. The fourth-order valence-corrected chi connectivity index (χ4v) is 21.7. The molecule has 2 aliphatic rings. The van der Waals surface area contributed by atoms with Crippen molar-refractivity contribution in [1.29, 1.82) is 0 Å². The van der Waals surface area contributed by atoms with E-state index in [0.717, 1.165) is 12.8 Å². The van der Waals surface area contributed by atoms with Crippen LogP contribution in [-0.2, 0) is 36.7 Å². The van der Waals surface area contributed by atoms with Gasteiger partial charge in [0.05, 0.1) is 0 Å². The van der Waals surface area contributed by atoms with E-state index in [2.05, 4.69) is 129 Å². The zero-order chi connectivity index (χ0) is 25.0.